The zero-order chi connectivity index (χ0) is 12.0. The van der Waals surface area contributed by atoms with Crippen molar-refractivity contribution in [3.05, 3.63) is 42.0 Å². The van der Waals surface area contributed by atoms with Crippen LogP contribution in [0.25, 0.3) is 0 Å². The third-order valence-corrected chi connectivity index (χ3v) is 1.76. The third kappa shape index (κ3) is 3.27. The molecule has 5 heteroatoms. The molecule has 1 rings (SSSR count). The van der Waals surface area contributed by atoms with Crippen molar-refractivity contribution in [1.82, 2.24) is 0 Å². The second-order valence-corrected chi connectivity index (χ2v) is 2.95. The quantitative estimate of drug-likeness (QED) is 0.604. The Kier molecular flexibility index (Phi) is 4.32. The van der Waals surface area contributed by atoms with Crippen LogP contribution in [0.5, 0.6) is 0 Å². The first-order chi connectivity index (χ1) is 7.67. The second-order valence-electron chi connectivity index (χ2n) is 2.95. The molecule has 4 N–H and O–H groups in total. The lowest BCUT2D eigenvalue weighted by Crippen LogP contribution is -2.16. The normalized spacial score (nSPS) is 12.6. The summed E-state index contributed by atoms with van der Waals surface area (Å²) >= 11 is 0. The molecule has 16 heavy (non-hydrogen) atoms. The number of halogens is 1. The molecule has 0 aromatic heterocycles. The summed E-state index contributed by atoms with van der Waals surface area (Å²) in [6.07, 6.45) is 1.21. The number of nitrogens with two attached hydrogens (primary N) is 2. The van der Waals surface area contributed by atoms with Gasteiger partial charge in [0.05, 0.1) is 12.3 Å². The lowest BCUT2D eigenvalue weighted by molar-refractivity contribution is 0.327. The molecule has 0 radical (unpaired) electrons. The van der Waals surface area contributed by atoms with Crippen molar-refractivity contribution < 1.29 is 9.13 Å². The summed E-state index contributed by atoms with van der Waals surface area (Å²) in [5, 5.41) is 0. The number of hydrogen-bond donors (Lipinski definition) is 2. The fraction of sp³-hybridized carbons (Fsp3) is 0.182. The van der Waals surface area contributed by atoms with E-state index in [1.54, 1.807) is 0 Å². The summed E-state index contributed by atoms with van der Waals surface area (Å²) in [4.78, 5) is 4.11. The lowest BCUT2D eigenvalue weighted by Gasteiger charge is -2.06. The molecule has 0 spiro atoms. The van der Waals surface area contributed by atoms with E-state index in [1.807, 2.05) is 6.92 Å². The molecular weight excluding hydrogens is 209 g/mol. The summed E-state index contributed by atoms with van der Waals surface area (Å²) < 4.78 is 17.9. The van der Waals surface area contributed by atoms with Gasteiger partial charge >= 0.3 is 0 Å². The van der Waals surface area contributed by atoms with E-state index < -0.39 is 0 Å². The summed E-state index contributed by atoms with van der Waals surface area (Å²) in [6.45, 7) is 2.23. The minimum atomic E-state index is -0.320. The molecule has 0 unspecified atom stereocenters. The molecule has 0 fully saturated rings. The van der Waals surface area contributed by atoms with Gasteiger partial charge in [-0.25, -0.2) is 9.38 Å². The molecule has 0 heterocycles. The van der Waals surface area contributed by atoms with Crippen LogP contribution >= 0.6 is 0 Å². The number of nitrogens with zero attached hydrogens (tertiary/aromatic N) is 1. The van der Waals surface area contributed by atoms with Crippen molar-refractivity contribution in [2.45, 2.75) is 6.92 Å². The third-order valence-electron chi connectivity index (χ3n) is 1.76. The molecule has 1 aromatic carbocycles. The molecule has 0 bridgehead atoms. The predicted octanol–water partition coefficient (Wildman–Crippen LogP) is 1.65. The van der Waals surface area contributed by atoms with Crippen LogP contribution < -0.4 is 11.5 Å². The smallest absolute Gasteiger partial charge is 0.239 e. The first-order valence-electron chi connectivity index (χ1n) is 4.82. The van der Waals surface area contributed by atoms with E-state index in [0.717, 1.165) is 0 Å². The monoisotopic (exact) mass is 223 g/mol. The van der Waals surface area contributed by atoms with Crippen molar-refractivity contribution in [2.75, 3.05) is 6.61 Å². The average Bonchev–Trinajstić information content (AvgIpc) is 2.30. The summed E-state index contributed by atoms with van der Waals surface area (Å²) in [7, 11) is 0. The Morgan fingerprint density at radius 2 is 2.06 bits per heavy atom. The van der Waals surface area contributed by atoms with Crippen LogP contribution in [-0.4, -0.2) is 12.5 Å². The molecule has 0 aliphatic rings. The van der Waals surface area contributed by atoms with Gasteiger partial charge in [-0.1, -0.05) is 0 Å². The fourth-order valence-electron chi connectivity index (χ4n) is 1.02. The highest BCUT2D eigenvalue weighted by atomic mass is 19.1. The van der Waals surface area contributed by atoms with Gasteiger partial charge in [0.2, 0.25) is 5.90 Å². The van der Waals surface area contributed by atoms with Crippen molar-refractivity contribution in [3.63, 3.8) is 0 Å². The van der Waals surface area contributed by atoms with Crippen LogP contribution in [-0.2, 0) is 4.74 Å². The maximum atomic E-state index is 12.7. The van der Waals surface area contributed by atoms with E-state index in [-0.39, 0.29) is 17.4 Å². The molecule has 0 atom stereocenters. The second kappa shape index (κ2) is 5.75. The van der Waals surface area contributed by atoms with E-state index >= 15 is 0 Å². The molecule has 0 amide bonds. The highest BCUT2D eigenvalue weighted by Gasteiger charge is 2.03. The zero-order valence-corrected chi connectivity index (χ0v) is 8.98. The van der Waals surface area contributed by atoms with Crippen LogP contribution in [0, 0.1) is 5.82 Å². The predicted molar refractivity (Wildman–Crippen MR) is 61.6 cm³/mol. The highest BCUT2D eigenvalue weighted by molar-refractivity contribution is 5.94. The largest absolute Gasteiger partial charge is 0.476 e. The van der Waals surface area contributed by atoms with E-state index in [9.17, 15) is 4.39 Å². The van der Waals surface area contributed by atoms with Crippen molar-refractivity contribution in [1.29, 1.82) is 0 Å². The summed E-state index contributed by atoms with van der Waals surface area (Å²) in [5.41, 5.74) is 11.7. The van der Waals surface area contributed by atoms with Gasteiger partial charge in [-0.05, 0) is 31.2 Å². The maximum absolute atomic E-state index is 12.7. The SMILES string of the molecule is CCOC(=Nc1ccc(F)cc1)C(N)=CN. The molecule has 0 aliphatic heterocycles. The number of ether oxygens (including phenoxy) is 1. The van der Waals surface area contributed by atoms with Gasteiger partial charge in [-0.3, -0.25) is 0 Å². The molecular formula is C11H14FN3O. The molecule has 0 saturated heterocycles. The first-order valence-corrected chi connectivity index (χ1v) is 4.82. The van der Waals surface area contributed by atoms with Crippen LogP contribution in [0.3, 0.4) is 0 Å². The molecule has 0 aliphatic carbocycles. The Balaban J connectivity index is 2.97. The Morgan fingerprint density at radius 1 is 1.44 bits per heavy atom. The molecule has 1 aromatic rings. The maximum Gasteiger partial charge on any atom is 0.239 e. The summed E-state index contributed by atoms with van der Waals surface area (Å²) in [6, 6.07) is 5.67. The van der Waals surface area contributed by atoms with Gasteiger partial charge in [0.1, 0.15) is 11.5 Å². The molecule has 0 saturated carbocycles. The topological polar surface area (TPSA) is 73.6 Å². The molecule has 86 valence electrons. The van der Waals surface area contributed by atoms with Gasteiger partial charge in [0.15, 0.2) is 0 Å². The summed E-state index contributed by atoms with van der Waals surface area (Å²) in [5.74, 6) is -0.0872. The minimum absolute atomic E-state index is 0.233. The number of benzene rings is 1. The Hall–Kier alpha value is -2.04. The van der Waals surface area contributed by atoms with Crippen LogP contribution in [0.4, 0.5) is 10.1 Å². The van der Waals surface area contributed by atoms with Crippen LogP contribution in [0.1, 0.15) is 6.92 Å². The number of rotatable bonds is 3. The standard InChI is InChI=1S/C11H14FN3O/c1-2-16-11(10(14)7-13)15-9-5-3-8(12)4-6-9/h3-7H,2,13-14H2,1H3. The highest BCUT2D eigenvalue weighted by Crippen LogP contribution is 2.13. The van der Waals surface area contributed by atoms with Crippen molar-refractivity contribution >= 4 is 11.6 Å². The van der Waals surface area contributed by atoms with Crippen LogP contribution in [0.2, 0.25) is 0 Å². The Labute approximate surface area is 93.4 Å². The zero-order valence-electron chi connectivity index (χ0n) is 8.98. The minimum Gasteiger partial charge on any atom is -0.476 e. The molecule has 4 nitrogen and oxygen atoms in total. The van der Waals surface area contributed by atoms with E-state index in [4.69, 9.17) is 16.2 Å². The number of aliphatic imine (C=N–C) groups is 1. The first kappa shape index (κ1) is 12.0. The van der Waals surface area contributed by atoms with E-state index in [0.29, 0.717) is 12.3 Å². The van der Waals surface area contributed by atoms with Gasteiger partial charge < -0.3 is 16.2 Å². The number of hydrogen-bond acceptors (Lipinski definition) is 4. The van der Waals surface area contributed by atoms with Gasteiger partial charge in [-0.2, -0.15) is 0 Å². The Morgan fingerprint density at radius 3 is 2.56 bits per heavy atom. The van der Waals surface area contributed by atoms with E-state index in [2.05, 4.69) is 4.99 Å². The van der Waals surface area contributed by atoms with Crippen LogP contribution in [0.15, 0.2) is 41.2 Å². The van der Waals surface area contributed by atoms with E-state index in [1.165, 1.54) is 30.5 Å². The fourth-order valence-corrected chi connectivity index (χ4v) is 1.02. The lowest BCUT2D eigenvalue weighted by atomic mass is 10.3. The van der Waals surface area contributed by atoms with Gasteiger partial charge in [-0.15, -0.1) is 0 Å². The van der Waals surface area contributed by atoms with Crippen molar-refractivity contribution in [2.24, 2.45) is 16.5 Å². The average molecular weight is 223 g/mol. The van der Waals surface area contributed by atoms with Crippen molar-refractivity contribution in [3.8, 4) is 0 Å². The van der Waals surface area contributed by atoms with Gasteiger partial charge in [0.25, 0.3) is 0 Å². The Bertz CT molecular complexity index is 398. The van der Waals surface area contributed by atoms with Gasteiger partial charge in [0, 0.05) is 6.20 Å².